The highest BCUT2D eigenvalue weighted by molar-refractivity contribution is 7.07. The second-order valence-electron chi connectivity index (χ2n) is 9.25. The van der Waals surface area contributed by atoms with Gasteiger partial charge in [0.25, 0.3) is 5.56 Å². The van der Waals surface area contributed by atoms with Crippen LogP contribution in [0.4, 0.5) is 0 Å². The summed E-state index contributed by atoms with van der Waals surface area (Å²) in [5, 5.41) is 8.56. The van der Waals surface area contributed by atoms with Crippen molar-refractivity contribution in [3.63, 3.8) is 0 Å². The molecule has 10 nitrogen and oxygen atoms in total. The van der Waals surface area contributed by atoms with Gasteiger partial charge in [-0.25, -0.2) is 19.5 Å². The topological polar surface area (TPSA) is 109 Å². The molecule has 0 amide bonds. The number of thiazole rings is 1. The normalized spacial score (nSPS) is 15.2. The Morgan fingerprint density at radius 1 is 1.15 bits per heavy atom. The van der Waals surface area contributed by atoms with Gasteiger partial charge in [-0.1, -0.05) is 59.0 Å². The third-order valence-electron chi connectivity index (χ3n) is 6.64. The number of carbonyl (C=O) groups is 1. The molecule has 1 unspecified atom stereocenters. The van der Waals surface area contributed by atoms with Crippen LogP contribution >= 0.6 is 11.3 Å². The van der Waals surface area contributed by atoms with E-state index < -0.39 is 12.0 Å². The van der Waals surface area contributed by atoms with Crippen molar-refractivity contribution < 1.29 is 9.53 Å². The Morgan fingerprint density at radius 2 is 1.98 bits per heavy atom. The van der Waals surface area contributed by atoms with Crippen molar-refractivity contribution in [2.45, 2.75) is 19.9 Å². The molecule has 0 radical (unpaired) electrons. The lowest BCUT2D eigenvalue weighted by Crippen LogP contribution is -2.39. The van der Waals surface area contributed by atoms with Gasteiger partial charge in [-0.2, -0.15) is 0 Å². The first kappa shape index (κ1) is 25.4. The zero-order valence-electron chi connectivity index (χ0n) is 22.1. The smallest absolute Gasteiger partial charge is 0.338 e. The summed E-state index contributed by atoms with van der Waals surface area (Å²) >= 11 is 1.29. The van der Waals surface area contributed by atoms with Gasteiger partial charge in [-0.05, 0) is 43.2 Å². The minimum atomic E-state index is -0.634. The van der Waals surface area contributed by atoms with E-state index in [4.69, 9.17) is 4.74 Å². The summed E-state index contributed by atoms with van der Waals surface area (Å²) in [6.45, 7) is 3.77. The second-order valence-corrected chi connectivity index (χ2v) is 10.3. The van der Waals surface area contributed by atoms with Gasteiger partial charge in [-0.3, -0.25) is 9.36 Å². The average Bonchev–Trinajstić information content (AvgIpc) is 3.68. The molecule has 1 atom stereocenters. The second kappa shape index (κ2) is 10.3. The zero-order chi connectivity index (χ0) is 27.8. The molecule has 0 N–H and O–H groups in total. The van der Waals surface area contributed by atoms with Crippen molar-refractivity contribution in [3.05, 3.63) is 115 Å². The highest BCUT2D eigenvalue weighted by Crippen LogP contribution is 2.30. The largest absolute Gasteiger partial charge is 0.463 e. The van der Waals surface area contributed by atoms with E-state index in [1.807, 2.05) is 78.5 Å². The molecule has 0 spiro atoms. The van der Waals surface area contributed by atoms with Gasteiger partial charge in [0.15, 0.2) is 4.80 Å². The molecule has 200 valence electrons. The van der Waals surface area contributed by atoms with Crippen LogP contribution in [-0.2, 0) is 16.6 Å². The third kappa shape index (κ3) is 4.50. The molecular formula is C29H25N7O3S. The number of esters is 1. The van der Waals surface area contributed by atoms with E-state index in [0.717, 1.165) is 22.5 Å². The summed E-state index contributed by atoms with van der Waals surface area (Å²) in [5.41, 5.74) is 4.66. The fourth-order valence-corrected chi connectivity index (χ4v) is 5.81. The quantitative estimate of drug-likeness (QED) is 0.300. The molecule has 2 aromatic carbocycles. The van der Waals surface area contributed by atoms with Gasteiger partial charge >= 0.3 is 5.97 Å². The minimum Gasteiger partial charge on any atom is -0.463 e. The van der Waals surface area contributed by atoms with Crippen molar-refractivity contribution in [2.24, 2.45) is 12.0 Å². The molecule has 0 bridgehead atoms. The van der Waals surface area contributed by atoms with Crippen LogP contribution in [0.5, 0.6) is 0 Å². The number of hydrogen-bond acceptors (Lipinski definition) is 8. The summed E-state index contributed by atoms with van der Waals surface area (Å²) in [7, 11) is 1.90. The monoisotopic (exact) mass is 551 g/mol. The van der Waals surface area contributed by atoms with Gasteiger partial charge in [0.05, 0.1) is 58.6 Å². The van der Waals surface area contributed by atoms with Crippen LogP contribution in [0.15, 0.2) is 94.4 Å². The molecule has 40 heavy (non-hydrogen) atoms. The molecule has 1 aliphatic rings. The Morgan fingerprint density at radius 3 is 2.73 bits per heavy atom. The van der Waals surface area contributed by atoms with E-state index in [1.165, 1.54) is 11.3 Å². The lowest BCUT2D eigenvalue weighted by atomic mass is 9.96. The standard InChI is InChI=1S/C29H25N7O3S/c1-4-39-28(38)25-18(2)31-29-36(26(25)20-10-6-5-7-11-20)27(37)24(40-29)14-19-9-8-12-21(13-19)35-16-22(32-33-35)23-15-30-17-34(23)3/h5-17,26H,4H2,1-3H3/b24-14-. The van der Waals surface area contributed by atoms with Gasteiger partial charge in [0.2, 0.25) is 0 Å². The molecule has 11 heteroatoms. The maximum atomic E-state index is 13.8. The Hall–Kier alpha value is -4.90. The van der Waals surface area contributed by atoms with Gasteiger partial charge in [0, 0.05) is 7.05 Å². The van der Waals surface area contributed by atoms with E-state index in [-0.39, 0.29) is 12.2 Å². The molecule has 1 aliphatic heterocycles. The molecular weight excluding hydrogens is 526 g/mol. The molecule has 4 heterocycles. The maximum absolute atomic E-state index is 13.8. The lowest BCUT2D eigenvalue weighted by Gasteiger charge is -2.24. The highest BCUT2D eigenvalue weighted by Gasteiger charge is 2.33. The van der Waals surface area contributed by atoms with Crippen LogP contribution in [0.2, 0.25) is 0 Å². The van der Waals surface area contributed by atoms with E-state index in [2.05, 4.69) is 20.3 Å². The van der Waals surface area contributed by atoms with Crippen molar-refractivity contribution in [1.29, 1.82) is 0 Å². The first-order chi connectivity index (χ1) is 19.4. The minimum absolute atomic E-state index is 0.225. The van der Waals surface area contributed by atoms with Crippen molar-refractivity contribution >= 4 is 23.4 Å². The van der Waals surface area contributed by atoms with Crippen LogP contribution in [0.1, 0.15) is 31.0 Å². The predicted octanol–water partition coefficient (Wildman–Crippen LogP) is 2.78. The van der Waals surface area contributed by atoms with Crippen LogP contribution in [0.25, 0.3) is 23.2 Å². The van der Waals surface area contributed by atoms with Gasteiger partial charge in [0.1, 0.15) is 5.69 Å². The number of hydrogen-bond donors (Lipinski definition) is 0. The van der Waals surface area contributed by atoms with E-state index in [0.29, 0.717) is 26.3 Å². The van der Waals surface area contributed by atoms with Crippen molar-refractivity contribution in [3.8, 4) is 17.1 Å². The molecule has 0 saturated carbocycles. The van der Waals surface area contributed by atoms with E-state index in [9.17, 15) is 9.59 Å². The number of ether oxygens (including phenoxy) is 1. The maximum Gasteiger partial charge on any atom is 0.338 e. The zero-order valence-corrected chi connectivity index (χ0v) is 22.9. The third-order valence-corrected chi connectivity index (χ3v) is 7.62. The first-order valence-electron chi connectivity index (χ1n) is 12.7. The van der Waals surface area contributed by atoms with E-state index >= 15 is 0 Å². The first-order valence-corrected chi connectivity index (χ1v) is 13.5. The fraction of sp³-hybridized carbons (Fsp3) is 0.172. The number of carbonyl (C=O) groups excluding carboxylic acids is 1. The number of aryl methyl sites for hydroxylation is 1. The molecule has 0 saturated heterocycles. The van der Waals surface area contributed by atoms with Crippen LogP contribution in [0, 0.1) is 0 Å². The Kier molecular flexibility index (Phi) is 6.56. The number of nitrogens with zero attached hydrogens (tertiary/aromatic N) is 7. The SMILES string of the molecule is CCOC(=O)C1=C(C)N=c2s/c(=C\c3cccc(-n4cc(-c5cncn5C)nn4)c3)c(=O)n2C1c1ccccc1. The predicted molar refractivity (Wildman–Crippen MR) is 150 cm³/mol. The van der Waals surface area contributed by atoms with Crippen molar-refractivity contribution in [1.82, 2.24) is 29.1 Å². The Balaban J connectivity index is 1.43. The van der Waals surface area contributed by atoms with Gasteiger partial charge in [-0.15, -0.1) is 5.10 Å². The van der Waals surface area contributed by atoms with E-state index in [1.54, 1.807) is 35.6 Å². The van der Waals surface area contributed by atoms with Gasteiger partial charge < -0.3 is 9.30 Å². The number of rotatable bonds is 6. The Labute approximate surface area is 232 Å². The molecule has 0 aliphatic carbocycles. The molecule has 0 fully saturated rings. The molecule has 5 aromatic rings. The molecule has 3 aromatic heterocycles. The Bertz CT molecular complexity index is 1950. The van der Waals surface area contributed by atoms with Crippen molar-refractivity contribution in [2.75, 3.05) is 6.61 Å². The summed E-state index contributed by atoms with van der Waals surface area (Å²) in [6, 6.07) is 16.5. The molecule has 6 rings (SSSR count). The number of aromatic nitrogens is 6. The number of benzene rings is 2. The fourth-order valence-electron chi connectivity index (χ4n) is 4.76. The lowest BCUT2D eigenvalue weighted by molar-refractivity contribution is -0.139. The van der Waals surface area contributed by atoms with Crippen LogP contribution in [-0.4, -0.2) is 41.7 Å². The summed E-state index contributed by atoms with van der Waals surface area (Å²) in [4.78, 5) is 36.1. The summed E-state index contributed by atoms with van der Waals surface area (Å²) < 4.78 is 11.0. The summed E-state index contributed by atoms with van der Waals surface area (Å²) in [5.74, 6) is -0.474. The summed E-state index contributed by atoms with van der Waals surface area (Å²) in [6.07, 6.45) is 7.12. The number of imidazole rings is 1. The van der Waals surface area contributed by atoms with Crippen LogP contribution < -0.4 is 14.9 Å². The number of fused-ring (bicyclic) bond motifs is 1. The van der Waals surface area contributed by atoms with Crippen LogP contribution in [0.3, 0.4) is 0 Å². The highest BCUT2D eigenvalue weighted by atomic mass is 32.1. The average molecular weight is 552 g/mol. The number of allylic oxidation sites excluding steroid dienone is 1.